The lowest BCUT2D eigenvalue weighted by Gasteiger charge is -2.18. The van der Waals surface area contributed by atoms with Gasteiger partial charge in [-0.1, -0.05) is 36.4 Å². The van der Waals surface area contributed by atoms with E-state index < -0.39 is 12.8 Å². The number of ether oxygens (including phenoxy) is 1. The standard InChI is InChI=1S/C18H20F3N3O2/c1-24(10-9-14-5-3-2-4-6-14)17(25)23-12-15-7-8-16(22-11-15)26-13-18(19,20)21/h2-8,11H,9-10,12-13H2,1H3,(H,23,25). The number of rotatable bonds is 7. The fourth-order valence-corrected chi connectivity index (χ4v) is 2.11. The Labute approximate surface area is 149 Å². The maximum Gasteiger partial charge on any atom is 0.422 e. The number of hydrogen-bond donors (Lipinski definition) is 1. The van der Waals surface area contributed by atoms with E-state index in [2.05, 4.69) is 15.0 Å². The number of amides is 2. The maximum absolute atomic E-state index is 12.1. The van der Waals surface area contributed by atoms with Crippen LogP contribution < -0.4 is 10.1 Å². The molecule has 2 rings (SSSR count). The number of benzene rings is 1. The topological polar surface area (TPSA) is 54.5 Å². The molecule has 1 aromatic carbocycles. The monoisotopic (exact) mass is 367 g/mol. The number of alkyl halides is 3. The molecule has 0 radical (unpaired) electrons. The van der Waals surface area contributed by atoms with Gasteiger partial charge < -0.3 is 15.0 Å². The van der Waals surface area contributed by atoms with Crippen LogP contribution in [0.3, 0.4) is 0 Å². The summed E-state index contributed by atoms with van der Waals surface area (Å²) in [6, 6.07) is 12.5. The number of aromatic nitrogens is 1. The van der Waals surface area contributed by atoms with Crippen LogP contribution in [0, 0.1) is 0 Å². The molecule has 26 heavy (non-hydrogen) atoms. The van der Waals surface area contributed by atoms with Gasteiger partial charge in [0.05, 0.1) is 0 Å². The summed E-state index contributed by atoms with van der Waals surface area (Å²) in [5.41, 5.74) is 1.81. The molecule has 0 spiro atoms. The van der Waals surface area contributed by atoms with Crippen molar-refractivity contribution in [3.8, 4) is 5.88 Å². The SMILES string of the molecule is CN(CCc1ccccc1)C(=O)NCc1ccc(OCC(F)(F)F)nc1. The van der Waals surface area contributed by atoms with Crippen LogP contribution in [0.5, 0.6) is 5.88 Å². The maximum atomic E-state index is 12.1. The predicted molar refractivity (Wildman–Crippen MR) is 90.8 cm³/mol. The molecule has 2 amide bonds. The molecule has 0 aliphatic carbocycles. The molecule has 2 aromatic rings. The van der Waals surface area contributed by atoms with E-state index in [1.54, 1.807) is 18.0 Å². The Morgan fingerprint density at radius 1 is 1.15 bits per heavy atom. The average Bonchev–Trinajstić information content (AvgIpc) is 2.63. The highest BCUT2D eigenvalue weighted by Crippen LogP contribution is 2.17. The summed E-state index contributed by atoms with van der Waals surface area (Å²) < 4.78 is 40.7. The molecular weight excluding hydrogens is 347 g/mol. The highest BCUT2D eigenvalue weighted by Gasteiger charge is 2.28. The number of likely N-dealkylation sites (N-methyl/N-ethyl adjacent to an activating group) is 1. The molecule has 1 N–H and O–H groups in total. The molecule has 0 aliphatic heterocycles. The molecule has 1 heterocycles. The quantitative estimate of drug-likeness (QED) is 0.816. The third kappa shape index (κ3) is 7.00. The molecule has 0 fully saturated rings. The van der Waals surface area contributed by atoms with Crippen molar-refractivity contribution in [3.63, 3.8) is 0 Å². The lowest BCUT2D eigenvalue weighted by Crippen LogP contribution is -2.38. The molecule has 0 atom stereocenters. The largest absolute Gasteiger partial charge is 0.468 e. The van der Waals surface area contributed by atoms with E-state index in [0.29, 0.717) is 12.1 Å². The molecular formula is C18H20F3N3O2. The van der Waals surface area contributed by atoms with Crippen molar-refractivity contribution >= 4 is 6.03 Å². The summed E-state index contributed by atoms with van der Waals surface area (Å²) in [6.07, 6.45) is -2.29. The first kappa shape index (κ1) is 19.6. The first-order valence-corrected chi connectivity index (χ1v) is 8.01. The fourth-order valence-electron chi connectivity index (χ4n) is 2.11. The first-order valence-electron chi connectivity index (χ1n) is 8.01. The molecule has 0 saturated carbocycles. The number of halogens is 3. The van der Waals surface area contributed by atoms with Crippen molar-refractivity contribution < 1.29 is 22.7 Å². The van der Waals surface area contributed by atoms with Gasteiger partial charge in [-0.05, 0) is 17.5 Å². The van der Waals surface area contributed by atoms with Gasteiger partial charge in [0.2, 0.25) is 5.88 Å². The number of urea groups is 1. The van der Waals surface area contributed by atoms with Crippen molar-refractivity contribution in [1.29, 1.82) is 0 Å². The Morgan fingerprint density at radius 2 is 1.88 bits per heavy atom. The molecule has 0 aliphatic rings. The molecule has 0 unspecified atom stereocenters. The Morgan fingerprint density at radius 3 is 2.50 bits per heavy atom. The fraction of sp³-hybridized carbons (Fsp3) is 0.333. The van der Waals surface area contributed by atoms with Crippen LogP contribution in [-0.2, 0) is 13.0 Å². The van der Waals surface area contributed by atoms with Gasteiger partial charge in [-0.2, -0.15) is 13.2 Å². The van der Waals surface area contributed by atoms with Gasteiger partial charge in [-0.25, -0.2) is 9.78 Å². The molecule has 5 nitrogen and oxygen atoms in total. The van der Waals surface area contributed by atoms with Crippen molar-refractivity contribution in [1.82, 2.24) is 15.2 Å². The zero-order chi connectivity index (χ0) is 19.0. The van der Waals surface area contributed by atoms with Crippen molar-refractivity contribution in [2.45, 2.75) is 19.1 Å². The third-order valence-corrected chi connectivity index (χ3v) is 3.55. The number of hydrogen-bond acceptors (Lipinski definition) is 3. The van der Waals surface area contributed by atoms with E-state index in [-0.39, 0.29) is 18.5 Å². The smallest absolute Gasteiger partial charge is 0.422 e. The zero-order valence-electron chi connectivity index (χ0n) is 14.3. The van der Waals surface area contributed by atoms with Crippen molar-refractivity contribution in [2.24, 2.45) is 0 Å². The van der Waals surface area contributed by atoms with Crippen LogP contribution in [0.15, 0.2) is 48.7 Å². The van der Waals surface area contributed by atoms with Crippen LogP contribution in [0.2, 0.25) is 0 Å². The normalized spacial score (nSPS) is 11.1. The number of carbonyl (C=O) groups excluding carboxylic acids is 1. The van der Waals surface area contributed by atoms with Gasteiger partial charge in [0.15, 0.2) is 6.61 Å². The van der Waals surface area contributed by atoms with Gasteiger partial charge in [-0.3, -0.25) is 0 Å². The van der Waals surface area contributed by atoms with Crippen molar-refractivity contribution in [3.05, 3.63) is 59.8 Å². The van der Waals surface area contributed by atoms with Gasteiger partial charge in [0, 0.05) is 32.4 Å². The van der Waals surface area contributed by atoms with Gasteiger partial charge in [-0.15, -0.1) is 0 Å². The van der Waals surface area contributed by atoms with E-state index in [9.17, 15) is 18.0 Å². The van der Waals surface area contributed by atoms with Crippen molar-refractivity contribution in [2.75, 3.05) is 20.2 Å². The van der Waals surface area contributed by atoms with E-state index in [4.69, 9.17) is 0 Å². The van der Waals surface area contributed by atoms with Gasteiger partial charge in [0.1, 0.15) is 0 Å². The predicted octanol–water partition coefficient (Wildman–Crippen LogP) is 3.41. The van der Waals surface area contributed by atoms with Crippen LogP contribution in [-0.4, -0.2) is 42.3 Å². The lowest BCUT2D eigenvalue weighted by atomic mass is 10.1. The van der Waals surface area contributed by atoms with E-state index >= 15 is 0 Å². The number of nitrogens with one attached hydrogen (secondary N) is 1. The second-order valence-corrected chi connectivity index (χ2v) is 5.72. The van der Waals surface area contributed by atoms with E-state index in [0.717, 1.165) is 12.0 Å². The summed E-state index contributed by atoms with van der Waals surface area (Å²) in [6.45, 7) is -0.596. The summed E-state index contributed by atoms with van der Waals surface area (Å²) in [4.78, 5) is 17.4. The minimum absolute atomic E-state index is 0.114. The minimum Gasteiger partial charge on any atom is -0.468 e. The minimum atomic E-state index is -4.40. The Bertz CT molecular complexity index is 691. The summed E-state index contributed by atoms with van der Waals surface area (Å²) >= 11 is 0. The summed E-state index contributed by atoms with van der Waals surface area (Å²) in [7, 11) is 1.70. The average molecular weight is 367 g/mol. The molecule has 0 bridgehead atoms. The van der Waals surface area contributed by atoms with E-state index in [1.165, 1.54) is 12.3 Å². The van der Waals surface area contributed by atoms with Gasteiger partial charge in [0.25, 0.3) is 0 Å². The molecule has 0 saturated heterocycles. The summed E-state index contributed by atoms with van der Waals surface area (Å²) in [5.74, 6) is -0.114. The van der Waals surface area contributed by atoms with Crippen LogP contribution in [0.4, 0.5) is 18.0 Å². The molecule has 8 heteroatoms. The number of pyridine rings is 1. The second-order valence-electron chi connectivity index (χ2n) is 5.72. The zero-order valence-corrected chi connectivity index (χ0v) is 14.3. The highest BCUT2D eigenvalue weighted by atomic mass is 19.4. The highest BCUT2D eigenvalue weighted by molar-refractivity contribution is 5.73. The Balaban J connectivity index is 1.74. The Kier molecular flexibility index (Phi) is 6.82. The molecule has 1 aromatic heterocycles. The summed E-state index contributed by atoms with van der Waals surface area (Å²) in [5, 5.41) is 2.74. The lowest BCUT2D eigenvalue weighted by molar-refractivity contribution is -0.154. The third-order valence-electron chi connectivity index (χ3n) is 3.55. The van der Waals surface area contributed by atoms with E-state index in [1.807, 2.05) is 30.3 Å². The Hall–Kier alpha value is -2.77. The number of nitrogens with zero attached hydrogens (tertiary/aromatic N) is 2. The van der Waals surface area contributed by atoms with Crippen LogP contribution in [0.1, 0.15) is 11.1 Å². The van der Waals surface area contributed by atoms with Crippen LogP contribution in [0.25, 0.3) is 0 Å². The second kappa shape index (κ2) is 9.07. The number of carbonyl (C=O) groups is 1. The first-order chi connectivity index (χ1) is 12.3. The van der Waals surface area contributed by atoms with Crippen LogP contribution >= 0.6 is 0 Å². The van der Waals surface area contributed by atoms with Gasteiger partial charge >= 0.3 is 12.2 Å². The molecule has 140 valence electrons.